The number of hydrogen-bond donors (Lipinski definition) is 1. The van der Waals surface area contributed by atoms with Gasteiger partial charge in [0.15, 0.2) is 0 Å². The summed E-state index contributed by atoms with van der Waals surface area (Å²) >= 11 is 3.54. The van der Waals surface area contributed by atoms with E-state index in [0.29, 0.717) is 0 Å². The second kappa shape index (κ2) is 5.04. The summed E-state index contributed by atoms with van der Waals surface area (Å²) < 4.78 is 0.968. The van der Waals surface area contributed by atoms with Gasteiger partial charge in [-0.3, -0.25) is 4.79 Å². The number of anilines is 1. The van der Waals surface area contributed by atoms with Crippen LogP contribution < -0.4 is 5.32 Å². The van der Waals surface area contributed by atoms with Crippen molar-refractivity contribution >= 4 is 27.5 Å². The van der Waals surface area contributed by atoms with Crippen LogP contribution >= 0.6 is 15.9 Å². The van der Waals surface area contributed by atoms with Crippen molar-refractivity contribution in [2.24, 2.45) is 5.41 Å². The highest BCUT2D eigenvalue weighted by atomic mass is 79.9. The third-order valence-corrected chi connectivity index (χ3v) is 4.55. The lowest BCUT2D eigenvalue weighted by Gasteiger charge is -2.23. The molecule has 0 heterocycles. The molecular formula is C15H20BrNO. The van der Waals surface area contributed by atoms with E-state index in [9.17, 15) is 4.79 Å². The highest BCUT2D eigenvalue weighted by Gasteiger charge is 2.36. The minimum atomic E-state index is -0.184. The Kier molecular flexibility index (Phi) is 3.81. The van der Waals surface area contributed by atoms with E-state index >= 15 is 0 Å². The second-order valence-corrected chi connectivity index (χ2v) is 6.51. The molecule has 2 rings (SSSR count). The molecule has 18 heavy (non-hydrogen) atoms. The molecule has 0 aliphatic heterocycles. The van der Waals surface area contributed by atoms with E-state index in [0.717, 1.165) is 41.4 Å². The number of amides is 1. The van der Waals surface area contributed by atoms with Crippen LogP contribution in [0.2, 0.25) is 0 Å². The van der Waals surface area contributed by atoms with Gasteiger partial charge in [-0.15, -0.1) is 0 Å². The molecule has 3 heteroatoms. The first-order valence-electron chi connectivity index (χ1n) is 6.50. The summed E-state index contributed by atoms with van der Waals surface area (Å²) in [4.78, 5) is 12.4. The van der Waals surface area contributed by atoms with Crippen LogP contribution in [-0.2, 0) is 4.79 Å². The summed E-state index contributed by atoms with van der Waals surface area (Å²) in [5.74, 6) is 0.160. The van der Waals surface area contributed by atoms with Crippen molar-refractivity contribution in [1.82, 2.24) is 0 Å². The minimum absolute atomic E-state index is 0.160. The van der Waals surface area contributed by atoms with Crippen molar-refractivity contribution in [2.45, 2.75) is 46.5 Å². The van der Waals surface area contributed by atoms with Gasteiger partial charge >= 0.3 is 0 Å². The van der Waals surface area contributed by atoms with Gasteiger partial charge in [0.25, 0.3) is 0 Å². The number of carbonyl (C=O) groups excluding carboxylic acids is 1. The molecule has 0 saturated heterocycles. The van der Waals surface area contributed by atoms with Gasteiger partial charge in [-0.1, -0.05) is 25.8 Å². The number of benzene rings is 1. The Morgan fingerprint density at radius 1 is 1.28 bits per heavy atom. The zero-order valence-electron chi connectivity index (χ0n) is 11.3. The first-order chi connectivity index (χ1) is 8.42. The van der Waals surface area contributed by atoms with Gasteiger partial charge in [0.2, 0.25) is 5.91 Å². The predicted molar refractivity (Wildman–Crippen MR) is 78.8 cm³/mol. The van der Waals surface area contributed by atoms with Crippen molar-refractivity contribution in [3.63, 3.8) is 0 Å². The van der Waals surface area contributed by atoms with Crippen LogP contribution in [0.4, 0.5) is 5.69 Å². The topological polar surface area (TPSA) is 29.1 Å². The van der Waals surface area contributed by atoms with Crippen molar-refractivity contribution in [1.29, 1.82) is 0 Å². The molecule has 0 bridgehead atoms. The molecule has 1 amide bonds. The Bertz CT molecular complexity index is 452. The molecule has 0 atom stereocenters. The fraction of sp³-hybridized carbons (Fsp3) is 0.533. The van der Waals surface area contributed by atoms with Crippen molar-refractivity contribution in [3.8, 4) is 0 Å². The second-order valence-electron chi connectivity index (χ2n) is 5.66. The highest BCUT2D eigenvalue weighted by molar-refractivity contribution is 9.10. The van der Waals surface area contributed by atoms with E-state index in [1.807, 2.05) is 13.0 Å². The Balaban J connectivity index is 2.22. The van der Waals surface area contributed by atoms with Crippen LogP contribution in [0.25, 0.3) is 0 Å². The lowest BCUT2D eigenvalue weighted by atomic mass is 9.87. The van der Waals surface area contributed by atoms with Gasteiger partial charge in [-0.05, 0) is 59.8 Å². The van der Waals surface area contributed by atoms with Crippen LogP contribution in [0.3, 0.4) is 0 Å². The first-order valence-corrected chi connectivity index (χ1v) is 7.30. The summed E-state index contributed by atoms with van der Waals surface area (Å²) in [5.41, 5.74) is 3.04. The quantitative estimate of drug-likeness (QED) is 0.851. The van der Waals surface area contributed by atoms with Gasteiger partial charge < -0.3 is 5.32 Å². The summed E-state index contributed by atoms with van der Waals surface area (Å²) in [6.07, 6.45) is 4.33. The average molecular weight is 310 g/mol. The number of carbonyl (C=O) groups is 1. The maximum absolute atomic E-state index is 12.4. The SMILES string of the molecule is Cc1cc(C)c(NC(=O)C2(C)CCCC2)c(Br)c1. The van der Waals surface area contributed by atoms with E-state index in [-0.39, 0.29) is 11.3 Å². The Labute approximate surface area is 117 Å². The van der Waals surface area contributed by atoms with E-state index in [4.69, 9.17) is 0 Å². The largest absolute Gasteiger partial charge is 0.324 e. The molecular weight excluding hydrogens is 290 g/mol. The number of nitrogens with one attached hydrogen (secondary N) is 1. The number of hydrogen-bond acceptors (Lipinski definition) is 1. The summed E-state index contributed by atoms with van der Waals surface area (Å²) in [5, 5.41) is 3.10. The molecule has 1 aliphatic rings. The van der Waals surface area contributed by atoms with Crippen molar-refractivity contribution in [3.05, 3.63) is 27.7 Å². The molecule has 98 valence electrons. The van der Waals surface area contributed by atoms with Crippen LogP contribution in [-0.4, -0.2) is 5.91 Å². The fourth-order valence-electron chi connectivity index (χ4n) is 2.72. The van der Waals surface area contributed by atoms with Crippen LogP contribution in [0.1, 0.15) is 43.7 Å². The Morgan fingerprint density at radius 3 is 2.44 bits per heavy atom. The van der Waals surface area contributed by atoms with E-state index in [1.165, 1.54) is 5.56 Å². The molecule has 1 aliphatic carbocycles. The molecule has 0 aromatic heterocycles. The van der Waals surface area contributed by atoms with Crippen molar-refractivity contribution in [2.75, 3.05) is 5.32 Å². The molecule has 1 N–H and O–H groups in total. The molecule has 1 fully saturated rings. The van der Waals surface area contributed by atoms with Gasteiger partial charge in [-0.2, -0.15) is 0 Å². The summed E-state index contributed by atoms with van der Waals surface area (Å²) in [6.45, 7) is 6.17. The first kappa shape index (κ1) is 13.6. The molecule has 0 spiro atoms. The number of aryl methyl sites for hydroxylation is 2. The lowest BCUT2D eigenvalue weighted by molar-refractivity contribution is -0.124. The normalized spacial score (nSPS) is 17.8. The molecule has 2 nitrogen and oxygen atoms in total. The fourth-order valence-corrected chi connectivity index (χ4v) is 3.49. The zero-order valence-corrected chi connectivity index (χ0v) is 12.9. The van der Waals surface area contributed by atoms with E-state index < -0.39 is 0 Å². The third-order valence-electron chi connectivity index (χ3n) is 3.93. The zero-order chi connectivity index (χ0) is 13.3. The van der Waals surface area contributed by atoms with E-state index in [2.05, 4.69) is 41.2 Å². The molecule has 0 radical (unpaired) electrons. The van der Waals surface area contributed by atoms with Gasteiger partial charge in [0.1, 0.15) is 0 Å². The van der Waals surface area contributed by atoms with E-state index in [1.54, 1.807) is 0 Å². The van der Waals surface area contributed by atoms with Gasteiger partial charge in [0, 0.05) is 9.89 Å². The summed E-state index contributed by atoms with van der Waals surface area (Å²) in [6, 6.07) is 4.14. The highest BCUT2D eigenvalue weighted by Crippen LogP contribution is 2.39. The number of rotatable bonds is 2. The Hall–Kier alpha value is -0.830. The summed E-state index contributed by atoms with van der Waals surface area (Å²) in [7, 11) is 0. The van der Waals surface area contributed by atoms with Gasteiger partial charge in [0.05, 0.1) is 5.69 Å². The third kappa shape index (κ3) is 2.61. The molecule has 1 aromatic carbocycles. The maximum Gasteiger partial charge on any atom is 0.230 e. The van der Waals surface area contributed by atoms with Crippen molar-refractivity contribution < 1.29 is 4.79 Å². The molecule has 1 saturated carbocycles. The molecule has 1 aromatic rings. The molecule has 0 unspecified atom stereocenters. The maximum atomic E-state index is 12.4. The van der Waals surface area contributed by atoms with Crippen LogP contribution in [0, 0.1) is 19.3 Å². The predicted octanol–water partition coefficient (Wildman–Crippen LogP) is 4.58. The monoisotopic (exact) mass is 309 g/mol. The average Bonchev–Trinajstić information content (AvgIpc) is 2.71. The smallest absolute Gasteiger partial charge is 0.230 e. The Morgan fingerprint density at radius 2 is 1.89 bits per heavy atom. The van der Waals surface area contributed by atoms with Crippen LogP contribution in [0.5, 0.6) is 0 Å². The lowest BCUT2D eigenvalue weighted by Crippen LogP contribution is -2.31. The van der Waals surface area contributed by atoms with Crippen LogP contribution in [0.15, 0.2) is 16.6 Å². The minimum Gasteiger partial charge on any atom is -0.324 e. The standard InChI is InChI=1S/C15H20BrNO/c1-10-8-11(2)13(12(16)9-10)17-14(18)15(3)6-4-5-7-15/h8-9H,4-7H2,1-3H3,(H,17,18). The van der Waals surface area contributed by atoms with Gasteiger partial charge in [-0.25, -0.2) is 0 Å². The number of halogens is 1.